The molecule has 0 amide bonds. The number of halogens is 3. The van der Waals surface area contributed by atoms with Gasteiger partial charge < -0.3 is 15.9 Å². The second kappa shape index (κ2) is 5.92. The van der Waals surface area contributed by atoms with Gasteiger partial charge in [-0.2, -0.15) is 13.2 Å². The van der Waals surface area contributed by atoms with Crippen LogP contribution in [0.3, 0.4) is 0 Å². The number of carbonyl (C=O) groups is 1. The van der Waals surface area contributed by atoms with Crippen molar-refractivity contribution in [2.45, 2.75) is 44.0 Å². The SMILES string of the molecule is NC1CCC(O)CC1.O=C(O)C(F)(F)F. The molecule has 0 spiro atoms. The fourth-order valence-corrected chi connectivity index (χ4v) is 1.10. The molecule has 0 bridgehead atoms. The highest BCUT2D eigenvalue weighted by Crippen LogP contribution is 2.15. The fourth-order valence-electron chi connectivity index (χ4n) is 1.10. The van der Waals surface area contributed by atoms with Crippen molar-refractivity contribution < 1.29 is 28.2 Å². The lowest BCUT2D eigenvalue weighted by Crippen LogP contribution is -2.28. The Morgan fingerprint density at radius 1 is 1.20 bits per heavy atom. The topological polar surface area (TPSA) is 83.5 Å². The van der Waals surface area contributed by atoms with Crippen LogP contribution in [0.1, 0.15) is 25.7 Å². The van der Waals surface area contributed by atoms with Gasteiger partial charge in [-0.25, -0.2) is 4.79 Å². The minimum Gasteiger partial charge on any atom is -0.475 e. The molecule has 1 aliphatic rings. The van der Waals surface area contributed by atoms with Crippen LogP contribution in [-0.4, -0.2) is 34.5 Å². The van der Waals surface area contributed by atoms with Crippen molar-refractivity contribution >= 4 is 5.97 Å². The number of aliphatic hydroxyl groups excluding tert-OH is 1. The summed E-state index contributed by atoms with van der Waals surface area (Å²) in [6.07, 6.45) is -1.33. The van der Waals surface area contributed by atoms with Crippen molar-refractivity contribution in [3.63, 3.8) is 0 Å². The van der Waals surface area contributed by atoms with Crippen LogP contribution in [0, 0.1) is 0 Å². The maximum Gasteiger partial charge on any atom is 0.490 e. The maximum absolute atomic E-state index is 10.6. The van der Waals surface area contributed by atoms with Gasteiger partial charge in [-0.15, -0.1) is 0 Å². The molecular weight excluding hydrogens is 215 g/mol. The zero-order chi connectivity index (χ0) is 12.1. The fraction of sp³-hybridized carbons (Fsp3) is 0.875. The van der Waals surface area contributed by atoms with E-state index in [4.69, 9.17) is 20.7 Å². The molecule has 0 unspecified atom stereocenters. The molecule has 15 heavy (non-hydrogen) atoms. The first-order valence-corrected chi connectivity index (χ1v) is 4.47. The van der Waals surface area contributed by atoms with E-state index in [1.54, 1.807) is 0 Å². The van der Waals surface area contributed by atoms with Crippen LogP contribution >= 0.6 is 0 Å². The summed E-state index contributed by atoms with van der Waals surface area (Å²) in [4.78, 5) is 8.90. The average molecular weight is 229 g/mol. The summed E-state index contributed by atoms with van der Waals surface area (Å²) in [6, 6.07) is 0.360. The third-order valence-electron chi connectivity index (χ3n) is 1.98. The van der Waals surface area contributed by atoms with Crippen LogP contribution in [-0.2, 0) is 4.79 Å². The van der Waals surface area contributed by atoms with Crippen molar-refractivity contribution in [3.8, 4) is 0 Å². The van der Waals surface area contributed by atoms with Gasteiger partial charge in [-0.05, 0) is 25.7 Å². The second-order valence-corrected chi connectivity index (χ2v) is 3.37. The number of hydrogen-bond donors (Lipinski definition) is 3. The summed E-state index contributed by atoms with van der Waals surface area (Å²) in [5, 5.41) is 16.1. The first-order valence-electron chi connectivity index (χ1n) is 4.47. The zero-order valence-electron chi connectivity index (χ0n) is 8.00. The Kier molecular flexibility index (Phi) is 5.59. The van der Waals surface area contributed by atoms with Crippen LogP contribution in [0.5, 0.6) is 0 Å². The molecule has 4 nitrogen and oxygen atoms in total. The molecule has 0 aromatic rings. The highest BCUT2D eigenvalue weighted by Gasteiger charge is 2.38. The van der Waals surface area contributed by atoms with E-state index in [9.17, 15) is 13.2 Å². The summed E-state index contributed by atoms with van der Waals surface area (Å²) in [7, 11) is 0. The normalized spacial score (nSPS) is 26.5. The molecular formula is C8H14F3NO3. The molecule has 4 N–H and O–H groups in total. The molecule has 1 aliphatic carbocycles. The van der Waals surface area contributed by atoms with Gasteiger partial charge in [0.2, 0.25) is 0 Å². The molecule has 90 valence electrons. The number of nitrogens with two attached hydrogens (primary N) is 1. The predicted octanol–water partition coefficient (Wildman–Crippen LogP) is 0.882. The first kappa shape index (κ1) is 14.2. The van der Waals surface area contributed by atoms with Crippen LogP contribution < -0.4 is 5.73 Å². The summed E-state index contributed by atoms with van der Waals surface area (Å²) >= 11 is 0. The molecule has 0 aliphatic heterocycles. The summed E-state index contributed by atoms with van der Waals surface area (Å²) in [5.74, 6) is -2.76. The van der Waals surface area contributed by atoms with Crippen LogP contribution in [0.25, 0.3) is 0 Å². The van der Waals surface area contributed by atoms with Crippen molar-refractivity contribution in [2.75, 3.05) is 0 Å². The van der Waals surface area contributed by atoms with Gasteiger partial charge in [0.1, 0.15) is 0 Å². The van der Waals surface area contributed by atoms with E-state index in [1.807, 2.05) is 0 Å². The van der Waals surface area contributed by atoms with Crippen LogP contribution in [0.4, 0.5) is 13.2 Å². The number of aliphatic carboxylic acids is 1. The molecule has 0 aromatic heterocycles. The van der Waals surface area contributed by atoms with E-state index in [-0.39, 0.29) is 6.10 Å². The number of carboxylic acids is 1. The van der Waals surface area contributed by atoms with Crippen molar-refractivity contribution in [1.82, 2.24) is 0 Å². The molecule has 0 saturated heterocycles. The number of alkyl halides is 3. The largest absolute Gasteiger partial charge is 0.490 e. The van der Waals surface area contributed by atoms with E-state index in [0.29, 0.717) is 6.04 Å². The van der Waals surface area contributed by atoms with Gasteiger partial charge in [0, 0.05) is 6.04 Å². The Morgan fingerprint density at radius 2 is 1.53 bits per heavy atom. The lowest BCUT2D eigenvalue weighted by Gasteiger charge is -2.21. The molecule has 0 radical (unpaired) electrons. The molecule has 7 heteroatoms. The molecule has 1 rings (SSSR count). The van der Waals surface area contributed by atoms with Crippen LogP contribution in [0.2, 0.25) is 0 Å². The van der Waals surface area contributed by atoms with E-state index in [0.717, 1.165) is 25.7 Å². The predicted molar refractivity (Wildman–Crippen MR) is 46.1 cm³/mol. The van der Waals surface area contributed by atoms with Gasteiger partial charge in [0.05, 0.1) is 6.10 Å². The minimum absolute atomic E-state index is 0.0604. The van der Waals surface area contributed by atoms with Gasteiger partial charge in [0.15, 0.2) is 0 Å². The molecule has 0 aromatic carbocycles. The summed E-state index contributed by atoms with van der Waals surface area (Å²) in [5.41, 5.74) is 5.59. The second-order valence-electron chi connectivity index (χ2n) is 3.37. The van der Waals surface area contributed by atoms with Crippen molar-refractivity contribution in [2.24, 2.45) is 5.73 Å². The summed E-state index contributed by atoms with van der Waals surface area (Å²) < 4.78 is 31.7. The van der Waals surface area contributed by atoms with Crippen molar-refractivity contribution in [3.05, 3.63) is 0 Å². The smallest absolute Gasteiger partial charge is 0.475 e. The average Bonchev–Trinajstić information content (AvgIpc) is 2.09. The quantitative estimate of drug-likeness (QED) is 0.575. The lowest BCUT2D eigenvalue weighted by molar-refractivity contribution is -0.192. The highest BCUT2D eigenvalue weighted by molar-refractivity contribution is 5.73. The highest BCUT2D eigenvalue weighted by atomic mass is 19.4. The molecule has 0 heterocycles. The Labute approximate surface area is 84.9 Å². The van der Waals surface area contributed by atoms with E-state index in [1.165, 1.54) is 0 Å². The number of hydrogen-bond acceptors (Lipinski definition) is 3. The Balaban J connectivity index is 0.000000265. The monoisotopic (exact) mass is 229 g/mol. The van der Waals surface area contributed by atoms with Gasteiger partial charge >= 0.3 is 12.1 Å². The molecule has 1 saturated carbocycles. The van der Waals surface area contributed by atoms with Gasteiger partial charge in [0.25, 0.3) is 0 Å². The van der Waals surface area contributed by atoms with Crippen molar-refractivity contribution in [1.29, 1.82) is 0 Å². The first-order chi connectivity index (χ1) is 6.73. The summed E-state index contributed by atoms with van der Waals surface area (Å²) in [6.45, 7) is 0. The zero-order valence-corrected chi connectivity index (χ0v) is 8.00. The van der Waals surface area contributed by atoms with Gasteiger partial charge in [-0.3, -0.25) is 0 Å². The number of rotatable bonds is 0. The lowest BCUT2D eigenvalue weighted by atomic mass is 9.94. The molecule has 0 atom stereocenters. The van der Waals surface area contributed by atoms with Crippen LogP contribution in [0.15, 0.2) is 0 Å². The molecule has 1 fully saturated rings. The Hall–Kier alpha value is -0.820. The Bertz CT molecular complexity index is 190. The number of carboxylic acid groups (broad SMARTS) is 1. The third kappa shape index (κ3) is 7.15. The standard InChI is InChI=1S/C6H13NO.C2HF3O2/c7-5-1-3-6(8)4-2-5;3-2(4,5)1(6)7/h5-6,8H,1-4,7H2;(H,6,7). The van der Waals surface area contributed by atoms with E-state index < -0.39 is 12.1 Å². The maximum atomic E-state index is 10.6. The Morgan fingerprint density at radius 3 is 1.73 bits per heavy atom. The third-order valence-corrected chi connectivity index (χ3v) is 1.98. The van der Waals surface area contributed by atoms with Gasteiger partial charge in [-0.1, -0.05) is 0 Å². The minimum atomic E-state index is -5.08. The van der Waals surface area contributed by atoms with E-state index >= 15 is 0 Å². The number of aliphatic hydroxyl groups is 1. The van der Waals surface area contributed by atoms with E-state index in [2.05, 4.69) is 0 Å².